The van der Waals surface area contributed by atoms with Crippen LogP contribution in [-0.4, -0.2) is 9.36 Å². The molecule has 16 heavy (non-hydrogen) atoms. The molecule has 0 saturated heterocycles. The topological polar surface area (TPSA) is 37.8 Å². The lowest BCUT2D eigenvalue weighted by Gasteiger charge is -2.14. The molecule has 0 aliphatic heterocycles. The third-order valence-electron chi connectivity index (χ3n) is 2.13. The van der Waals surface area contributed by atoms with E-state index < -0.39 is 0 Å². The Bertz CT molecular complexity index is 473. The molecule has 1 atom stereocenters. The largest absolute Gasteiger partial charge is 0.354 e. The van der Waals surface area contributed by atoms with Crippen LogP contribution in [0, 0.1) is 0 Å². The average Bonchev–Trinajstić information content (AvgIpc) is 2.70. The van der Waals surface area contributed by atoms with Crippen molar-refractivity contribution in [2.24, 2.45) is 0 Å². The number of hydrogen-bond acceptors (Lipinski definition) is 4. The number of nitrogens with one attached hydrogen (secondary N) is 1. The third kappa shape index (κ3) is 2.64. The van der Waals surface area contributed by atoms with Gasteiger partial charge in [-0.3, -0.25) is 0 Å². The lowest BCUT2D eigenvalue weighted by atomic mass is 10.1. The van der Waals surface area contributed by atoms with Crippen LogP contribution in [0.2, 0.25) is 10.0 Å². The van der Waals surface area contributed by atoms with E-state index in [4.69, 9.17) is 23.2 Å². The van der Waals surface area contributed by atoms with E-state index in [2.05, 4.69) is 14.7 Å². The first-order valence-electron chi connectivity index (χ1n) is 4.65. The summed E-state index contributed by atoms with van der Waals surface area (Å²) in [5, 5.41) is 5.28. The molecule has 0 aliphatic rings. The van der Waals surface area contributed by atoms with Crippen molar-refractivity contribution in [2.75, 3.05) is 5.32 Å². The first kappa shape index (κ1) is 11.6. The predicted octanol–water partition coefficient (Wildman–Crippen LogP) is 4.02. The number of hydrogen-bond donors (Lipinski definition) is 1. The number of aromatic nitrogens is 2. The number of halogens is 2. The van der Waals surface area contributed by atoms with Crippen molar-refractivity contribution in [1.29, 1.82) is 0 Å². The summed E-state index contributed by atoms with van der Waals surface area (Å²) >= 11 is 13.3. The minimum atomic E-state index is 0.0673. The second-order valence-corrected chi connectivity index (χ2v) is 4.90. The van der Waals surface area contributed by atoms with Gasteiger partial charge in [-0.05, 0) is 24.6 Å². The molecule has 1 N–H and O–H groups in total. The molecule has 0 fully saturated rings. The second kappa shape index (κ2) is 4.99. The Labute approximate surface area is 108 Å². The Kier molecular flexibility index (Phi) is 3.63. The van der Waals surface area contributed by atoms with Crippen LogP contribution in [0.5, 0.6) is 0 Å². The Morgan fingerprint density at radius 1 is 1.38 bits per heavy atom. The molecule has 0 saturated carbocycles. The molecule has 3 nitrogen and oxygen atoms in total. The van der Waals surface area contributed by atoms with Gasteiger partial charge in [0.25, 0.3) is 0 Å². The molecule has 6 heteroatoms. The summed E-state index contributed by atoms with van der Waals surface area (Å²) in [4.78, 5) is 4.06. The maximum absolute atomic E-state index is 6.11. The van der Waals surface area contributed by atoms with Crippen LogP contribution in [-0.2, 0) is 0 Å². The lowest BCUT2D eigenvalue weighted by Crippen LogP contribution is -2.06. The zero-order valence-corrected chi connectivity index (χ0v) is 10.8. The zero-order valence-electron chi connectivity index (χ0n) is 8.45. The first-order chi connectivity index (χ1) is 7.66. The zero-order chi connectivity index (χ0) is 11.5. The Morgan fingerprint density at radius 2 is 2.19 bits per heavy atom. The highest BCUT2D eigenvalue weighted by Crippen LogP contribution is 2.28. The van der Waals surface area contributed by atoms with Crippen LogP contribution in [0.15, 0.2) is 24.5 Å². The van der Waals surface area contributed by atoms with Crippen LogP contribution >= 0.6 is 34.7 Å². The smallest absolute Gasteiger partial charge is 0.202 e. The minimum absolute atomic E-state index is 0.0673. The molecule has 2 aromatic rings. The standard InChI is InChI=1S/C10H9Cl2N3S/c1-6(15-10-13-5-14-16-10)8-3-2-7(11)4-9(8)12/h2-6H,1H3,(H,13,14,15). The van der Waals surface area contributed by atoms with E-state index >= 15 is 0 Å². The van der Waals surface area contributed by atoms with Gasteiger partial charge in [-0.15, -0.1) is 0 Å². The fourth-order valence-electron chi connectivity index (χ4n) is 1.35. The monoisotopic (exact) mass is 273 g/mol. The van der Waals surface area contributed by atoms with Gasteiger partial charge in [0.05, 0.1) is 6.04 Å². The molecule has 2 rings (SSSR count). The fraction of sp³-hybridized carbons (Fsp3) is 0.200. The lowest BCUT2D eigenvalue weighted by molar-refractivity contribution is 0.882. The molecule has 1 aromatic carbocycles. The summed E-state index contributed by atoms with van der Waals surface area (Å²) in [6, 6.07) is 5.53. The first-order valence-corrected chi connectivity index (χ1v) is 6.18. The van der Waals surface area contributed by atoms with E-state index in [1.165, 1.54) is 17.9 Å². The summed E-state index contributed by atoms with van der Waals surface area (Å²) < 4.78 is 3.92. The van der Waals surface area contributed by atoms with E-state index in [0.29, 0.717) is 10.0 Å². The maximum atomic E-state index is 6.11. The molecule has 1 aromatic heterocycles. The second-order valence-electron chi connectivity index (χ2n) is 3.28. The van der Waals surface area contributed by atoms with Gasteiger partial charge in [0.2, 0.25) is 5.13 Å². The number of nitrogens with zero attached hydrogens (tertiary/aromatic N) is 2. The van der Waals surface area contributed by atoms with Crippen LogP contribution < -0.4 is 5.32 Å². The van der Waals surface area contributed by atoms with Gasteiger partial charge < -0.3 is 5.32 Å². The minimum Gasteiger partial charge on any atom is -0.354 e. The van der Waals surface area contributed by atoms with E-state index in [1.54, 1.807) is 6.07 Å². The Morgan fingerprint density at radius 3 is 2.81 bits per heavy atom. The van der Waals surface area contributed by atoms with Crippen LogP contribution in [0.3, 0.4) is 0 Å². The molecule has 1 unspecified atom stereocenters. The summed E-state index contributed by atoms with van der Waals surface area (Å²) in [6.07, 6.45) is 1.52. The summed E-state index contributed by atoms with van der Waals surface area (Å²) in [6.45, 7) is 2.01. The molecule has 84 valence electrons. The number of rotatable bonds is 3. The van der Waals surface area contributed by atoms with Gasteiger partial charge in [0.15, 0.2) is 0 Å². The van der Waals surface area contributed by atoms with Crippen molar-refractivity contribution in [3.63, 3.8) is 0 Å². The summed E-state index contributed by atoms with van der Waals surface area (Å²) in [5.41, 5.74) is 0.987. The van der Waals surface area contributed by atoms with Crippen molar-refractivity contribution in [3.8, 4) is 0 Å². The van der Waals surface area contributed by atoms with Gasteiger partial charge in [0.1, 0.15) is 6.33 Å². The summed E-state index contributed by atoms with van der Waals surface area (Å²) in [7, 11) is 0. The number of anilines is 1. The van der Waals surface area contributed by atoms with E-state index in [0.717, 1.165) is 10.7 Å². The quantitative estimate of drug-likeness (QED) is 0.918. The van der Waals surface area contributed by atoms with Gasteiger partial charge >= 0.3 is 0 Å². The highest BCUT2D eigenvalue weighted by Gasteiger charge is 2.10. The molecule has 0 spiro atoms. The normalized spacial score (nSPS) is 12.4. The SMILES string of the molecule is CC(Nc1ncns1)c1ccc(Cl)cc1Cl. The van der Waals surface area contributed by atoms with Gasteiger partial charge in [-0.25, -0.2) is 4.98 Å². The highest BCUT2D eigenvalue weighted by molar-refractivity contribution is 7.09. The van der Waals surface area contributed by atoms with Crippen LogP contribution in [0.1, 0.15) is 18.5 Å². The molecular weight excluding hydrogens is 265 g/mol. The van der Waals surface area contributed by atoms with Crippen LogP contribution in [0.25, 0.3) is 0 Å². The third-order valence-corrected chi connectivity index (χ3v) is 3.29. The van der Waals surface area contributed by atoms with Crippen molar-refractivity contribution >= 4 is 39.9 Å². The van der Waals surface area contributed by atoms with Crippen molar-refractivity contribution in [3.05, 3.63) is 40.1 Å². The van der Waals surface area contributed by atoms with Gasteiger partial charge in [-0.2, -0.15) is 4.37 Å². The number of benzene rings is 1. The van der Waals surface area contributed by atoms with Gasteiger partial charge in [-0.1, -0.05) is 29.3 Å². The molecule has 1 heterocycles. The van der Waals surface area contributed by atoms with E-state index in [9.17, 15) is 0 Å². The van der Waals surface area contributed by atoms with E-state index in [-0.39, 0.29) is 6.04 Å². The Balaban J connectivity index is 2.17. The van der Waals surface area contributed by atoms with Gasteiger partial charge in [0, 0.05) is 21.6 Å². The predicted molar refractivity (Wildman–Crippen MR) is 68.4 cm³/mol. The van der Waals surface area contributed by atoms with E-state index in [1.807, 2.05) is 19.1 Å². The fourth-order valence-corrected chi connectivity index (χ4v) is 2.44. The molecular formula is C10H9Cl2N3S. The highest BCUT2D eigenvalue weighted by atomic mass is 35.5. The van der Waals surface area contributed by atoms with Crippen LogP contribution in [0.4, 0.5) is 5.13 Å². The molecule has 0 bridgehead atoms. The summed E-state index contributed by atoms with van der Waals surface area (Å²) in [5.74, 6) is 0. The molecule has 0 radical (unpaired) electrons. The van der Waals surface area contributed by atoms with Crippen molar-refractivity contribution < 1.29 is 0 Å². The van der Waals surface area contributed by atoms with Crippen molar-refractivity contribution in [1.82, 2.24) is 9.36 Å². The Hall–Kier alpha value is -0.840. The average molecular weight is 274 g/mol. The maximum Gasteiger partial charge on any atom is 0.202 e. The molecule has 0 aliphatic carbocycles. The van der Waals surface area contributed by atoms with Crippen molar-refractivity contribution in [2.45, 2.75) is 13.0 Å². The molecule has 0 amide bonds.